The Morgan fingerprint density at radius 3 is 2.40 bits per heavy atom. The van der Waals surface area contributed by atoms with Crippen LogP contribution < -0.4 is 0 Å². The zero-order chi connectivity index (χ0) is 11.4. The predicted octanol–water partition coefficient (Wildman–Crippen LogP) is 0.643. The van der Waals surface area contributed by atoms with Gasteiger partial charge in [0.25, 0.3) is 0 Å². The number of hydrogen-bond acceptors (Lipinski definition) is 5. The molecular formula is C9H13BrO5. The van der Waals surface area contributed by atoms with Crippen molar-refractivity contribution in [3.8, 4) is 0 Å². The van der Waals surface area contributed by atoms with Gasteiger partial charge in [0.1, 0.15) is 6.10 Å². The molecule has 0 aromatic rings. The monoisotopic (exact) mass is 280 g/mol. The third-order valence-corrected chi connectivity index (χ3v) is 2.62. The summed E-state index contributed by atoms with van der Waals surface area (Å²) < 4.78 is 15.4. The van der Waals surface area contributed by atoms with E-state index >= 15 is 0 Å². The second-order valence-electron chi connectivity index (χ2n) is 3.25. The standard InChI is InChI=1S/C9H13BrO5/c1-5(11)14-8-4-13-7(3-10)9(8)15-6(2)12/h7-9H,3-4H2,1-2H3/t7-,8-,9+/m1/s1. The number of halogens is 1. The maximum Gasteiger partial charge on any atom is 0.303 e. The Hall–Kier alpha value is -0.620. The molecule has 0 unspecified atom stereocenters. The molecule has 15 heavy (non-hydrogen) atoms. The van der Waals surface area contributed by atoms with Crippen molar-refractivity contribution in [2.24, 2.45) is 0 Å². The van der Waals surface area contributed by atoms with Gasteiger partial charge in [-0.25, -0.2) is 0 Å². The number of esters is 2. The fraction of sp³-hybridized carbons (Fsp3) is 0.778. The minimum absolute atomic E-state index is 0.258. The molecule has 0 amide bonds. The molecule has 6 heteroatoms. The minimum Gasteiger partial charge on any atom is -0.456 e. The van der Waals surface area contributed by atoms with Crippen molar-refractivity contribution in [3.63, 3.8) is 0 Å². The Kier molecular flexibility index (Phi) is 4.53. The summed E-state index contributed by atoms with van der Waals surface area (Å²) >= 11 is 3.24. The van der Waals surface area contributed by atoms with E-state index in [1.54, 1.807) is 0 Å². The van der Waals surface area contributed by atoms with E-state index in [1.807, 2.05) is 0 Å². The molecule has 0 saturated carbocycles. The minimum atomic E-state index is -0.522. The first-order valence-corrected chi connectivity index (χ1v) is 5.68. The molecule has 1 rings (SSSR count). The second kappa shape index (κ2) is 5.46. The Bertz CT molecular complexity index is 255. The van der Waals surface area contributed by atoms with Crippen LogP contribution >= 0.6 is 15.9 Å². The molecule has 3 atom stereocenters. The zero-order valence-corrected chi connectivity index (χ0v) is 10.2. The number of rotatable bonds is 3. The summed E-state index contributed by atoms with van der Waals surface area (Å²) in [7, 11) is 0. The number of alkyl halides is 1. The maximum absolute atomic E-state index is 10.9. The van der Waals surface area contributed by atoms with Crippen molar-refractivity contribution >= 4 is 27.9 Å². The fourth-order valence-corrected chi connectivity index (χ4v) is 1.99. The Balaban J connectivity index is 2.62. The normalized spacial score (nSPS) is 29.9. The molecule has 0 aliphatic carbocycles. The Labute approximate surface area is 96.2 Å². The highest BCUT2D eigenvalue weighted by Crippen LogP contribution is 2.22. The lowest BCUT2D eigenvalue weighted by atomic mass is 10.2. The van der Waals surface area contributed by atoms with E-state index in [1.165, 1.54) is 13.8 Å². The van der Waals surface area contributed by atoms with E-state index in [4.69, 9.17) is 14.2 Å². The van der Waals surface area contributed by atoms with Crippen molar-refractivity contribution in [2.75, 3.05) is 11.9 Å². The van der Waals surface area contributed by atoms with Gasteiger partial charge in [-0.3, -0.25) is 9.59 Å². The van der Waals surface area contributed by atoms with Crippen LogP contribution in [-0.4, -0.2) is 42.2 Å². The van der Waals surface area contributed by atoms with Gasteiger partial charge in [0.2, 0.25) is 0 Å². The van der Waals surface area contributed by atoms with Gasteiger partial charge in [0.05, 0.1) is 6.61 Å². The van der Waals surface area contributed by atoms with Crippen molar-refractivity contribution in [1.29, 1.82) is 0 Å². The highest BCUT2D eigenvalue weighted by Gasteiger charge is 2.41. The van der Waals surface area contributed by atoms with Gasteiger partial charge >= 0.3 is 11.9 Å². The highest BCUT2D eigenvalue weighted by atomic mass is 79.9. The smallest absolute Gasteiger partial charge is 0.303 e. The van der Waals surface area contributed by atoms with Crippen LogP contribution in [-0.2, 0) is 23.8 Å². The zero-order valence-electron chi connectivity index (χ0n) is 8.57. The Morgan fingerprint density at radius 2 is 1.93 bits per heavy atom. The molecule has 1 heterocycles. The molecule has 0 aromatic carbocycles. The topological polar surface area (TPSA) is 61.8 Å². The predicted molar refractivity (Wildman–Crippen MR) is 54.6 cm³/mol. The molecule has 1 saturated heterocycles. The van der Waals surface area contributed by atoms with Gasteiger partial charge in [-0.1, -0.05) is 15.9 Å². The van der Waals surface area contributed by atoms with Gasteiger partial charge in [0.15, 0.2) is 12.2 Å². The van der Waals surface area contributed by atoms with Crippen molar-refractivity contribution in [2.45, 2.75) is 32.2 Å². The van der Waals surface area contributed by atoms with Crippen LogP contribution in [0.3, 0.4) is 0 Å². The first-order valence-electron chi connectivity index (χ1n) is 4.56. The average Bonchev–Trinajstić information content (AvgIpc) is 2.47. The van der Waals surface area contributed by atoms with E-state index in [0.717, 1.165) is 0 Å². The van der Waals surface area contributed by atoms with Crippen LogP contribution in [0.25, 0.3) is 0 Å². The third kappa shape index (κ3) is 3.46. The van der Waals surface area contributed by atoms with Crippen molar-refractivity contribution < 1.29 is 23.8 Å². The molecule has 86 valence electrons. The number of hydrogen-bond donors (Lipinski definition) is 0. The second-order valence-corrected chi connectivity index (χ2v) is 3.90. The van der Waals surface area contributed by atoms with E-state index in [-0.39, 0.29) is 12.7 Å². The van der Waals surface area contributed by atoms with Crippen LogP contribution in [0.4, 0.5) is 0 Å². The number of carbonyl (C=O) groups is 2. The lowest BCUT2D eigenvalue weighted by Gasteiger charge is -2.20. The van der Waals surface area contributed by atoms with Crippen molar-refractivity contribution in [1.82, 2.24) is 0 Å². The summed E-state index contributed by atoms with van der Waals surface area (Å²) in [5, 5.41) is 0.530. The molecule has 5 nitrogen and oxygen atoms in total. The molecule has 1 aliphatic rings. The molecule has 0 spiro atoms. The molecule has 0 aromatic heterocycles. The summed E-state index contributed by atoms with van der Waals surface area (Å²) in [6.45, 7) is 2.88. The first-order chi connectivity index (χ1) is 7.04. The summed E-state index contributed by atoms with van der Waals surface area (Å²) in [4.78, 5) is 21.7. The van der Waals surface area contributed by atoms with Crippen LogP contribution in [0.2, 0.25) is 0 Å². The summed E-state index contributed by atoms with van der Waals surface area (Å²) in [5.41, 5.74) is 0. The van der Waals surface area contributed by atoms with E-state index < -0.39 is 24.1 Å². The van der Waals surface area contributed by atoms with Crippen LogP contribution in [0.1, 0.15) is 13.8 Å². The SMILES string of the molecule is CC(=O)O[C@H]1[C@@H](CBr)OC[C@H]1OC(C)=O. The molecular weight excluding hydrogens is 268 g/mol. The quantitative estimate of drug-likeness (QED) is 0.561. The van der Waals surface area contributed by atoms with Gasteiger partial charge in [-0.2, -0.15) is 0 Å². The van der Waals surface area contributed by atoms with Crippen LogP contribution in [0.5, 0.6) is 0 Å². The molecule has 0 radical (unpaired) electrons. The van der Waals surface area contributed by atoms with E-state index in [9.17, 15) is 9.59 Å². The number of carbonyl (C=O) groups excluding carboxylic acids is 2. The summed E-state index contributed by atoms with van der Waals surface area (Å²) in [6.07, 6.45) is -1.29. The molecule has 0 N–H and O–H groups in total. The summed E-state index contributed by atoms with van der Waals surface area (Å²) in [5.74, 6) is -0.815. The largest absolute Gasteiger partial charge is 0.456 e. The molecule has 1 aliphatic heterocycles. The maximum atomic E-state index is 10.9. The van der Waals surface area contributed by atoms with Gasteiger partial charge < -0.3 is 14.2 Å². The third-order valence-electron chi connectivity index (χ3n) is 1.98. The number of ether oxygens (including phenoxy) is 3. The molecule has 0 bridgehead atoms. The van der Waals surface area contributed by atoms with Crippen molar-refractivity contribution in [3.05, 3.63) is 0 Å². The van der Waals surface area contributed by atoms with E-state index in [0.29, 0.717) is 5.33 Å². The average molecular weight is 281 g/mol. The van der Waals surface area contributed by atoms with Crippen LogP contribution in [0.15, 0.2) is 0 Å². The fourth-order valence-electron chi connectivity index (χ4n) is 1.44. The summed E-state index contributed by atoms with van der Waals surface area (Å²) in [6, 6.07) is 0. The van der Waals surface area contributed by atoms with Gasteiger partial charge in [0, 0.05) is 19.2 Å². The first kappa shape index (κ1) is 12.4. The van der Waals surface area contributed by atoms with E-state index in [2.05, 4.69) is 15.9 Å². The highest BCUT2D eigenvalue weighted by molar-refractivity contribution is 9.09. The lowest BCUT2D eigenvalue weighted by Crippen LogP contribution is -2.38. The molecule has 1 fully saturated rings. The lowest BCUT2D eigenvalue weighted by molar-refractivity contribution is -0.162. The van der Waals surface area contributed by atoms with Gasteiger partial charge in [-0.15, -0.1) is 0 Å². The Morgan fingerprint density at radius 1 is 1.33 bits per heavy atom. The van der Waals surface area contributed by atoms with Crippen LogP contribution in [0, 0.1) is 0 Å². The van der Waals surface area contributed by atoms with Gasteiger partial charge in [-0.05, 0) is 0 Å².